The quantitative estimate of drug-likeness (QED) is 0.799. The van der Waals surface area contributed by atoms with Gasteiger partial charge in [0.05, 0.1) is 5.56 Å². The number of aryl methyl sites for hydroxylation is 1. The summed E-state index contributed by atoms with van der Waals surface area (Å²) in [5.74, 6) is 0.0240. The van der Waals surface area contributed by atoms with Gasteiger partial charge in [0, 0.05) is 13.5 Å². The van der Waals surface area contributed by atoms with E-state index in [1.54, 1.807) is 0 Å². The second kappa shape index (κ2) is 6.30. The molecule has 21 heavy (non-hydrogen) atoms. The minimum Gasteiger partial charge on any atom is -0.334 e. The van der Waals surface area contributed by atoms with Gasteiger partial charge in [-0.2, -0.15) is 0 Å². The van der Waals surface area contributed by atoms with Crippen molar-refractivity contribution >= 4 is 16.7 Å². The van der Waals surface area contributed by atoms with E-state index in [9.17, 15) is 4.79 Å². The molecule has 1 amide bonds. The van der Waals surface area contributed by atoms with E-state index in [1.165, 1.54) is 0 Å². The molecule has 0 aliphatic heterocycles. The third-order valence-electron chi connectivity index (χ3n) is 3.83. The van der Waals surface area contributed by atoms with Crippen LogP contribution in [0.3, 0.4) is 0 Å². The highest BCUT2D eigenvalue weighted by atomic mass is 16.2. The van der Waals surface area contributed by atoms with Crippen molar-refractivity contribution in [2.45, 2.75) is 53.1 Å². The molecular formula is C19H25NO. The van der Waals surface area contributed by atoms with E-state index >= 15 is 0 Å². The molecule has 2 nitrogen and oxygen atoms in total. The standard InChI is InChI=1S/C19H25NO/c1-6-15-11-12-16-9-7-8-10-17(16)18(15)19(21)20(13(2)3)14(4)5/h7-14H,6H2,1-5H3/i6D. The van der Waals surface area contributed by atoms with Gasteiger partial charge in [0.1, 0.15) is 0 Å². The van der Waals surface area contributed by atoms with Gasteiger partial charge in [-0.1, -0.05) is 43.3 Å². The molecule has 0 aromatic heterocycles. The van der Waals surface area contributed by atoms with Crippen LogP contribution >= 0.6 is 0 Å². The van der Waals surface area contributed by atoms with Crippen LogP contribution < -0.4 is 0 Å². The number of carbonyl (C=O) groups excluding carboxylic acids is 1. The average molecular weight is 284 g/mol. The van der Waals surface area contributed by atoms with Crippen LogP contribution in [0.5, 0.6) is 0 Å². The topological polar surface area (TPSA) is 20.3 Å². The van der Waals surface area contributed by atoms with Gasteiger partial charge in [0.15, 0.2) is 0 Å². The Balaban J connectivity index is 2.70. The molecular weight excluding hydrogens is 258 g/mol. The number of nitrogens with zero attached hydrogens (tertiary/aromatic N) is 1. The lowest BCUT2D eigenvalue weighted by molar-refractivity contribution is 0.0645. The van der Waals surface area contributed by atoms with E-state index in [-0.39, 0.29) is 18.0 Å². The van der Waals surface area contributed by atoms with Gasteiger partial charge >= 0.3 is 0 Å². The maximum atomic E-state index is 13.2. The van der Waals surface area contributed by atoms with Crippen LogP contribution in [0, 0.1) is 0 Å². The number of amides is 1. The van der Waals surface area contributed by atoms with E-state index in [2.05, 4.69) is 0 Å². The fourth-order valence-corrected chi connectivity index (χ4v) is 2.96. The number of hydrogen-bond acceptors (Lipinski definition) is 1. The first kappa shape index (κ1) is 14.1. The fraction of sp³-hybridized carbons (Fsp3) is 0.421. The lowest BCUT2D eigenvalue weighted by Crippen LogP contribution is -2.42. The molecule has 2 aromatic rings. The van der Waals surface area contributed by atoms with Crippen molar-refractivity contribution in [1.82, 2.24) is 4.90 Å². The molecule has 0 aliphatic carbocycles. The van der Waals surface area contributed by atoms with E-state index < -0.39 is 6.40 Å². The SMILES string of the molecule is [2H]C(C)c1ccc2ccccc2c1C(=O)N(C(C)C)C(C)C. The Bertz CT molecular complexity index is 668. The Hall–Kier alpha value is -1.83. The molecule has 0 bridgehead atoms. The van der Waals surface area contributed by atoms with Gasteiger partial charge in [0.25, 0.3) is 5.91 Å². The molecule has 2 rings (SSSR count). The molecule has 0 spiro atoms. The predicted octanol–water partition coefficient (Wildman–Crippen LogP) is 4.66. The van der Waals surface area contributed by atoms with Crippen molar-refractivity contribution in [1.29, 1.82) is 0 Å². The van der Waals surface area contributed by atoms with Crippen molar-refractivity contribution in [2.75, 3.05) is 0 Å². The second-order valence-corrected chi connectivity index (χ2v) is 5.94. The van der Waals surface area contributed by atoms with Crippen LogP contribution in [0.25, 0.3) is 10.8 Å². The number of benzene rings is 2. The summed E-state index contributed by atoms with van der Waals surface area (Å²) in [6, 6.07) is 12.1. The van der Waals surface area contributed by atoms with E-state index in [0.717, 1.165) is 16.3 Å². The lowest BCUT2D eigenvalue weighted by atomic mass is 9.95. The van der Waals surface area contributed by atoms with Gasteiger partial charge in [0.2, 0.25) is 0 Å². The first-order valence-electron chi connectivity index (χ1n) is 8.18. The first-order chi connectivity index (χ1) is 10.3. The van der Waals surface area contributed by atoms with Gasteiger partial charge in [-0.05, 0) is 50.4 Å². The van der Waals surface area contributed by atoms with Crippen LogP contribution in [-0.4, -0.2) is 22.9 Å². The number of fused-ring (bicyclic) bond motifs is 1. The Morgan fingerprint density at radius 1 is 1.10 bits per heavy atom. The molecule has 0 saturated heterocycles. The molecule has 0 saturated carbocycles. The average Bonchev–Trinajstić information content (AvgIpc) is 2.44. The van der Waals surface area contributed by atoms with Crippen LogP contribution in [0.1, 0.15) is 51.9 Å². The summed E-state index contributed by atoms with van der Waals surface area (Å²) < 4.78 is 8.11. The minimum atomic E-state index is -0.426. The summed E-state index contributed by atoms with van der Waals surface area (Å²) in [5, 5.41) is 1.98. The van der Waals surface area contributed by atoms with Crippen LogP contribution in [0.15, 0.2) is 36.4 Å². The highest BCUT2D eigenvalue weighted by Gasteiger charge is 2.24. The summed E-state index contributed by atoms with van der Waals surface area (Å²) in [4.78, 5) is 15.1. The number of hydrogen-bond donors (Lipinski definition) is 0. The molecule has 1 unspecified atom stereocenters. The largest absolute Gasteiger partial charge is 0.334 e. The lowest BCUT2D eigenvalue weighted by Gasteiger charge is -2.32. The van der Waals surface area contributed by atoms with Gasteiger partial charge < -0.3 is 4.90 Å². The van der Waals surface area contributed by atoms with Crippen molar-refractivity contribution in [3.63, 3.8) is 0 Å². The van der Waals surface area contributed by atoms with Crippen molar-refractivity contribution < 1.29 is 6.17 Å². The van der Waals surface area contributed by atoms with Crippen LogP contribution in [-0.2, 0) is 6.40 Å². The number of carbonyl (C=O) groups is 1. The van der Waals surface area contributed by atoms with Crippen molar-refractivity contribution in [3.05, 3.63) is 47.5 Å². The Kier molecular flexibility index (Phi) is 4.23. The molecule has 112 valence electrons. The van der Waals surface area contributed by atoms with E-state index in [0.29, 0.717) is 5.56 Å². The number of rotatable bonds is 4. The smallest absolute Gasteiger partial charge is 0.255 e. The molecule has 2 heteroatoms. The summed E-state index contributed by atoms with van der Waals surface area (Å²) in [7, 11) is 0. The van der Waals surface area contributed by atoms with Crippen LogP contribution in [0.4, 0.5) is 0 Å². The highest BCUT2D eigenvalue weighted by Crippen LogP contribution is 2.26. The third kappa shape index (κ3) is 2.94. The Morgan fingerprint density at radius 2 is 1.71 bits per heavy atom. The third-order valence-corrected chi connectivity index (χ3v) is 3.83. The second-order valence-electron chi connectivity index (χ2n) is 5.94. The van der Waals surface area contributed by atoms with Crippen molar-refractivity contribution in [2.24, 2.45) is 0 Å². The summed E-state index contributed by atoms with van der Waals surface area (Å²) in [6.07, 6.45) is -0.426. The van der Waals surface area contributed by atoms with Gasteiger partial charge in [-0.25, -0.2) is 0 Å². The van der Waals surface area contributed by atoms with Gasteiger partial charge in [-0.15, -0.1) is 0 Å². The molecule has 0 N–H and O–H groups in total. The maximum absolute atomic E-state index is 13.2. The van der Waals surface area contributed by atoms with Gasteiger partial charge in [-0.3, -0.25) is 4.79 Å². The monoisotopic (exact) mass is 284 g/mol. The van der Waals surface area contributed by atoms with Crippen LogP contribution in [0.2, 0.25) is 0 Å². The molecule has 0 fully saturated rings. The molecule has 0 aliphatic rings. The minimum absolute atomic E-state index is 0.0240. The molecule has 2 aromatic carbocycles. The molecule has 0 radical (unpaired) electrons. The molecule has 1 atom stereocenters. The zero-order valence-corrected chi connectivity index (χ0v) is 13.6. The normalized spacial score (nSPS) is 13.6. The summed E-state index contributed by atoms with van der Waals surface area (Å²) in [6.45, 7) is 9.95. The molecule has 0 heterocycles. The zero-order valence-electron chi connectivity index (χ0n) is 14.6. The summed E-state index contributed by atoms with van der Waals surface area (Å²) in [5.41, 5.74) is 1.48. The van der Waals surface area contributed by atoms with Crippen molar-refractivity contribution in [3.8, 4) is 0 Å². The Labute approximate surface area is 129 Å². The van der Waals surface area contributed by atoms with E-state index in [4.69, 9.17) is 1.37 Å². The van der Waals surface area contributed by atoms with E-state index in [1.807, 2.05) is 75.9 Å². The fourth-order valence-electron chi connectivity index (χ4n) is 2.96. The zero-order chi connectivity index (χ0) is 16.4. The predicted molar refractivity (Wildman–Crippen MR) is 89.8 cm³/mol. The highest BCUT2D eigenvalue weighted by molar-refractivity contribution is 6.08. The Morgan fingerprint density at radius 3 is 2.29 bits per heavy atom. The maximum Gasteiger partial charge on any atom is 0.255 e. The first-order valence-corrected chi connectivity index (χ1v) is 7.61. The summed E-state index contributed by atoms with van der Waals surface area (Å²) >= 11 is 0.